The van der Waals surface area contributed by atoms with Crippen LogP contribution < -0.4 is 5.32 Å². The fraction of sp³-hybridized carbons (Fsp3) is 0.273. The number of amides is 1. The molecule has 17 heavy (non-hydrogen) atoms. The van der Waals surface area contributed by atoms with Gasteiger partial charge in [0.2, 0.25) is 0 Å². The summed E-state index contributed by atoms with van der Waals surface area (Å²) in [5.74, 6) is -1.60. The maximum Gasteiger partial charge on any atom is 0.326 e. The summed E-state index contributed by atoms with van der Waals surface area (Å²) in [4.78, 5) is 22.5. The van der Waals surface area contributed by atoms with Gasteiger partial charge in [0.05, 0.1) is 10.6 Å². The molecule has 0 saturated carbocycles. The number of carbonyl (C=O) groups is 2. The number of carbonyl (C=O) groups excluding carboxylic acids is 1. The van der Waals surface area contributed by atoms with Gasteiger partial charge in [0.15, 0.2) is 0 Å². The zero-order valence-electron chi connectivity index (χ0n) is 9.04. The molecule has 1 amide bonds. The fourth-order valence-corrected chi connectivity index (χ4v) is 1.74. The quantitative estimate of drug-likeness (QED) is 0.888. The molecule has 0 aliphatic carbocycles. The van der Waals surface area contributed by atoms with Crippen LogP contribution in [0.1, 0.15) is 23.7 Å². The summed E-state index contributed by atoms with van der Waals surface area (Å²) in [6, 6.07) is 3.48. The van der Waals surface area contributed by atoms with Crippen LogP contribution in [0.15, 0.2) is 18.2 Å². The number of carboxylic acids is 1. The first-order valence-electron chi connectivity index (χ1n) is 4.94. The number of hydrogen-bond donors (Lipinski definition) is 2. The highest BCUT2D eigenvalue weighted by Gasteiger charge is 2.19. The Kier molecular flexibility index (Phi) is 4.78. The lowest BCUT2D eigenvalue weighted by atomic mass is 10.1. The molecule has 0 radical (unpaired) electrons. The van der Waals surface area contributed by atoms with Gasteiger partial charge in [-0.2, -0.15) is 0 Å². The summed E-state index contributed by atoms with van der Waals surface area (Å²) in [5.41, 5.74) is 0.204. The lowest BCUT2D eigenvalue weighted by Gasteiger charge is -2.12. The van der Waals surface area contributed by atoms with Crippen molar-refractivity contribution in [2.45, 2.75) is 19.4 Å². The molecular weight excluding hydrogens is 265 g/mol. The van der Waals surface area contributed by atoms with Gasteiger partial charge in [0, 0.05) is 5.02 Å². The van der Waals surface area contributed by atoms with Gasteiger partial charge >= 0.3 is 5.97 Å². The Hall–Kier alpha value is -1.26. The van der Waals surface area contributed by atoms with Gasteiger partial charge < -0.3 is 10.4 Å². The van der Waals surface area contributed by atoms with Crippen LogP contribution in [0.3, 0.4) is 0 Å². The Balaban J connectivity index is 2.86. The van der Waals surface area contributed by atoms with E-state index in [0.29, 0.717) is 11.4 Å². The van der Waals surface area contributed by atoms with Crippen LogP contribution in [0.25, 0.3) is 0 Å². The maximum absolute atomic E-state index is 11.7. The van der Waals surface area contributed by atoms with Crippen molar-refractivity contribution in [3.05, 3.63) is 33.8 Å². The van der Waals surface area contributed by atoms with Crippen molar-refractivity contribution < 1.29 is 14.7 Å². The molecule has 92 valence electrons. The topological polar surface area (TPSA) is 66.4 Å². The molecule has 0 saturated heterocycles. The molecule has 0 spiro atoms. The standard InChI is InChI=1S/C11H11Cl2NO3/c1-2-9(11(16)17)14-10(15)7-4-3-6(12)5-8(7)13/h3-5,9H,2H2,1H3,(H,14,15)(H,16,17)/t9-/m0/s1. The first-order valence-corrected chi connectivity index (χ1v) is 5.70. The highest BCUT2D eigenvalue weighted by Crippen LogP contribution is 2.20. The van der Waals surface area contributed by atoms with Crippen LogP contribution in [-0.4, -0.2) is 23.0 Å². The van der Waals surface area contributed by atoms with E-state index in [0.717, 1.165) is 0 Å². The predicted molar refractivity (Wildman–Crippen MR) is 65.6 cm³/mol. The second-order valence-corrected chi connectivity index (χ2v) is 4.24. The van der Waals surface area contributed by atoms with Crippen LogP contribution >= 0.6 is 23.2 Å². The van der Waals surface area contributed by atoms with Gasteiger partial charge in [-0.25, -0.2) is 4.79 Å². The monoisotopic (exact) mass is 275 g/mol. The molecule has 0 aliphatic rings. The molecule has 1 atom stereocenters. The lowest BCUT2D eigenvalue weighted by molar-refractivity contribution is -0.139. The van der Waals surface area contributed by atoms with Crippen LogP contribution in [0.4, 0.5) is 0 Å². The normalized spacial score (nSPS) is 11.9. The largest absolute Gasteiger partial charge is 0.480 e. The molecule has 0 aromatic heterocycles. The first-order chi connectivity index (χ1) is 7.95. The van der Waals surface area contributed by atoms with Crippen LogP contribution in [0.2, 0.25) is 10.0 Å². The first kappa shape index (κ1) is 13.8. The molecular formula is C11H11Cl2NO3. The molecule has 0 heterocycles. The maximum atomic E-state index is 11.7. The zero-order valence-corrected chi connectivity index (χ0v) is 10.5. The molecule has 0 fully saturated rings. The number of nitrogens with one attached hydrogen (secondary N) is 1. The van der Waals surface area contributed by atoms with E-state index in [1.165, 1.54) is 18.2 Å². The van der Waals surface area contributed by atoms with Crippen molar-refractivity contribution in [3.63, 3.8) is 0 Å². The SMILES string of the molecule is CC[C@H](NC(=O)c1ccc(Cl)cc1Cl)C(=O)O. The minimum absolute atomic E-state index is 0.190. The van der Waals surface area contributed by atoms with E-state index in [1.807, 2.05) is 0 Å². The third kappa shape index (κ3) is 3.61. The van der Waals surface area contributed by atoms with Gasteiger partial charge in [0.25, 0.3) is 5.91 Å². The van der Waals surface area contributed by atoms with Crippen molar-refractivity contribution in [1.82, 2.24) is 5.32 Å². The number of carboxylic acid groups (broad SMARTS) is 1. The Morgan fingerprint density at radius 3 is 2.53 bits per heavy atom. The van der Waals surface area contributed by atoms with Gasteiger partial charge in [-0.1, -0.05) is 30.1 Å². The Bertz CT molecular complexity index is 448. The van der Waals surface area contributed by atoms with Gasteiger partial charge in [-0.3, -0.25) is 4.79 Å². The number of halogens is 2. The Morgan fingerprint density at radius 2 is 2.06 bits per heavy atom. The molecule has 2 N–H and O–H groups in total. The Morgan fingerprint density at radius 1 is 1.41 bits per heavy atom. The minimum Gasteiger partial charge on any atom is -0.480 e. The summed E-state index contributed by atoms with van der Waals surface area (Å²) >= 11 is 11.5. The van der Waals surface area contributed by atoms with E-state index in [2.05, 4.69) is 5.32 Å². The lowest BCUT2D eigenvalue weighted by Crippen LogP contribution is -2.40. The van der Waals surface area contributed by atoms with Crippen LogP contribution in [0.5, 0.6) is 0 Å². The second kappa shape index (κ2) is 5.89. The van der Waals surface area contributed by atoms with E-state index >= 15 is 0 Å². The van der Waals surface area contributed by atoms with Crippen molar-refractivity contribution in [2.24, 2.45) is 0 Å². The number of rotatable bonds is 4. The molecule has 1 rings (SSSR count). The molecule has 6 heteroatoms. The third-order valence-corrected chi connectivity index (χ3v) is 2.74. The summed E-state index contributed by atoms with van der Waals surface area (Å²) in [7, 11) is 0. The fourth-order valence-electron chi connectivity index (χ4n) is 1.25. The van der Waals surface area contributed by atoms with E-state index in [-0.39, 0.29) is 10.6 Å². The number of hydrogen-bond acceptors (Lipinski definition) is 2. The van der Waals surface area contributed by atoms with E-state index < -0.39 is 17.9 Å². The highest BCUT2D eigenvalue weighted by atomic mass is 35.5. The minimum atomic E-state index is -1.08. The van der Waals surface area contributed by atoms with Crippen LogP contribution in [-0.2, 0) is 4.79 Å². The van der Waals surface area contributed by atoms with Gasteiger partial charge in [-0.15, -0.1) is 0 Å². The van der Waals surface area contributed by atoms with Crippen molar-refractivity contribution in [3.8, 4) is 0 Å². The molecule has 1 aromatic rings. The van der Waals surface area contributed by atoms with E-state index in [9.17, 15) is 9.59 Å². The van der Waals surface area contributed by atoms with Crippen molar-refractivity contribution in [1.29, 1.82) is 0 Å². The summed E-state index contributed by atoms with van der Waals surface area (Å²) in [6.45, 7) is 1.67. The molecule has 0 unspecified atom stereocenters. The molecule has 0 bridgehead atoms. The third-order valence-electron chi connectivity index (χ3n) is 2.19. The average molecular weight is 276 g/mol. The molecule has 4 nitrogen and oxygen atoms in total. The second-order valence-electron chi connectivity index (χ2n) is 3.40. The van der Waals surface area contributed by atoms with E-state index in [4.69, 9.17) is 28.3 Å². The number of aliphatic carboxylic acids is 1. The number of benzene rings is 1. The van der Waals surface area contributed by atoms with Crippen molar-refractivity contribution >= 4 is 35.1 Å². The molecule has 0 aliphatic heterocycles. The predicted octanol–water partition coefficient (Wildman–Crippen LogP) is 2.59. The summed E-state index contributed by atoms with van der Waals surface area (Å²) in [6.07, 6.45) is 0.298. The zero-order chi connectivity index (χ0) is 13.0. The summed E-state index contributed by atoms with van der Waals surface area (Å²) in [5, 5.41) is 11.8. The van der Waals surface area contributed by atoms with Gasteiger partial charge in [0.1, 0.15) is 6.04 Å². The van der Waals surface area contributed by atoms with E-state index in [1.54, 1.807) is 6.92 Å². The average Bonchev–Trinajstić information content (AvgIpc) is 2.24. The summed E-state index contributed by atoms with van der Waals surface area (Å²) < 4.78 is 0. The Labute approximate surface area is 109 Å². The van der Waals surface area contributed by atoms with Gasteiger partial charge in [-0.05, 0) is 24.6 Å². The smallest absolute Gasteiger partial charge is 0.326 e. The molecule has 1 aromatic carbocycles. The highest BCUT2D eigenvalue weighted by molar-refractivity contribution is 6.36. The van der Waals surface area contributed by atoms with Crippen LogP contribution in [0, 0.1) is 0 Å². The van der Waals surface area contributed by atoms with Crippen molar-refractivity contribution in [2.75, 3.05) is 0 Å².